The number of carboxylic acid groups (broad SMARTS) is 1. The summed E-state index contributed by atoms with van der Waals surface area (Å²) in [5, 5.41) is 9.34. The van der Waals surface area contributed by atoms with Gasteiger partial charge in [0.25, 0.3) is 0 Å². The molecule has 0 aromatic rings. The number of aliphatic carboxylic acids is 1. The molecule has 1 aliphatic carbocycles. The molecule has 7 heteroatoms. The van der Waals surface area contributed by atoms with Gasteiger partial charge >= 0.3 is 5.97 Å². The molecule has 0 bridgehead atoms. The molecule has 3 aliphatic rings. The minimum Gasteiger partial charge on any atom is -0.480 e. The zero-order valence-electron chi connectivity index (χ0n) is 13.4. The molecule has 0 spiro atoms. The van der Waals surface area contributed by atoms with E-state index in [2.05, 4.69) is 0 Å². The summed E-state index contributed by atoms with van der Waals surface area (Å²) in [6.07, 6.45) is 4.56. The van der Waals surface area contributed by atoms with Crippen LogP contribution < -0.4 is 0 Å². The highest BCUT2D eigenvalue weighted by molar-refractivity contribution is 5.92. The van der Waals surface area contributed by atoms with Gasteiger partial charge < -0.3 is 19.6 Å². The molecule has 3 fully saturated rings. The number of ether oxygens (including phenoxy) is 1. The Morgan fingerprint density at radius 2 is 1.91 bits per heavy atom. The van der Waals surface area contributed by atoms with E-state index in [1.54, 1.807) is 0 Å². The molecule has 23 heavy (non-hydrogen) atoms. The number of hydrogen-bond donors (Lipinski definition) is 1. The van der Waals surface area contributed by atoms with Crippen LogP contribution in [0.1, 0.15) is 38.5 Å². The monoisotopic (exact) mass is 324 g/mol. The first-order valence-corrected chi connectivity index (χ1v) is 8.36. The molecular formula is C16H24N2O5. The first-order valence-electron chi connectivity index (χ1n) is 8.36. The van der Waals surface area contributed by atoms with Gasteiger partial charge in [-0.25, -0.2) is 4.79 Å². The second-order valence-electron chi connectivity index (χ2n) is 6.82. The fraction of sp³-hybridized carbons (Fsp3) is 0.812. The van der Waals surface area contributed by atoms with Crippen LogP contribution >= 0.6 is 0 Å². The van der Waals surface area contributed by atoms with E-state index >= 15 is 0 Å². The summed E-state index contributed by atoms with van der Waals surface area (Å²) in [6, 6.07) is -0.580. The zero-order valence-corrected chi connectivity index (χ0v) is 13.4. The van der Waals surface area contributed by atoms with E-state index in [1.165, 1.54) is 12.0 Å². The number of carbonyl (C=O) groups is 3. The first kappa shape index (κ1) is 16.2. The van der Waals surface area contributed by atoms with Crippen LogP contribution in [-0.2, 0) is 19.1 Å². The van der Waals surface area contributed by atoms with Crippen LogP contribution in [0.3, 0.4) is 0 Å². The normalized spacial score (nSPS) is 32.0. The Balaban J connectivity index is 1.68. The average molecular weight is 324 g/mol. The lowest BCUT2D eigenvalue weighted by Gasteiger charge is -2.26. The van der Waals surface area contributed by atoms with Crippen molar-refractivity contribution in [1.29, 1.82) is 0 Å². The van der Waals surface area contributed by atoms with Crippen LogP contribution in [-0.4, -0.2) is 71.1 Å². The van der Waals surface area contributed by atoms with E-state index in [4.69, 9.17) is 4.74 Å². The predicted octanol–water partition coefficient (Wildman–Crippen LogP) is 0.478. The summed E-state index contributed by atoms with van der Waals surface area (Å²) in [4.78, 5) is 39.6. The van der Waals surface area contributed by atoms with E-state index in [0.29, 0.717) is 19.5 Å². The van der Waals surface area contributed by atoms with Crippen LogP contribution in [0.25, 0.3) is 0 Å². The van der Waals surface area contributed by atoms with Gasteiger partial charge in [0.15, 0.2) is 0 Å². The molecule has 3 unspecified atom stereocenters. The van der Waals surface area contributed by atoms with Crippen molar-refractivity contribution in [1.82, 2.24) is 9.80 Å². The van der Waals surface area contributed by atoms with E-state index in [9.17, 15) is 19.5 Å². The molecule has 1 N–H and O–H groups in total. The highest BCUT2D eigenvalue weighted by Crippen LogP contribution is 2.32. The number of carboxylic acids is 1. The van der Waals surface area contributed by atoms with Crippen molar-refractivity contribution >= 4 is 17.8 Å². The molecule has 2 heterocycles. The number of rotatable bonds is 4. The minimum atomic E-state index is -1.00. The highest BCUT2D eigenvalue weighted by Gasteiger charge is 2.45. The third kappa shape index (κ3) is 3.06. The Labute approximate surface area is 135 Å². The highest BCUT2D eigenvalue weighted by atomic mass is 16.5. The number of methoxy groups -OCH3 is 1. The van der Waals surface area contributed by atoms with Crippen molar-refractivity contribution in [3.8, 4) is 0 Å². The Hall–Kier alpha value is -1.63. The molecular weight excluding hydrogens is 300 g/mol. The maximum absolute atomic E-state index is 12.8. The molecule has 1 saturated carbocycles. The molecule has 2 aliphatic heterocycles. The van der Waals surface area contributed by atoms with E-state index < -0.39 is 17.9 Å². The molecule has 3 rings (SSSR count). The second kappa shape index (κ2) is 6.47. The van der Waals surface area contributed by atoms with Crippen LogP contribution in [0, 0.1) is 5.92 Å². The quantitative estimate of drug-likeness (QED) is 0.813. The predicted molar refractivity (Wildman–Crippen MR) is 80.6 cm³/mol. The third-order valence-corrected chi connectivity index (χ3v) is 5.44. The molecule has 0 aromatic carbocycles. The van der Waals surface area contributed by atoms with E-state index in [-0.39, 0.29) is 30.4 Å². The molecule has 2 saturated heterocycles. The van der Waals surface area contributed by atoms with Gasteiger partial charge in [0.1, 0.15) is 6.04 Å². The van der Waals surface area contributed by atoms with Gasteiger partial charge in [0.2, 0.25) is 11.8 Å². The summed E-state index contributed by atoms with van der Waals surface area (Å²) < 4.78 is 5.22. The maximum Gasteiger partial charge on any atom is 0.326 e. The topological polar surface area (TPSA) is 87.1 Å². The fourth-order valence-electron chi connectivity index (χ4n) is 4.15. The van der Waals surface area contributed by atoms with Gasteiger partial charge in [-0.2, -0.15) is 0 Å². The summed E-state index contributed by atoms with van der Waals surface area (Å²) in [5.41, 5.74) is 0. The van der Waals surface area contributed by atoms with Crippen molar-refractivity contribution in [2.24, 2.45) is 5.92 Å². The average Bonchev–Trinajstić information content (AvgIpc) is 3.24. The smallest absolute Gasteiger partial charge is 0.326 e. The number of likely N-dealkylation sites (tertiary alicyclic amines) is 2. The van der Waals surface area contributed by atoms with Crippen LogP contribution in [0.2, 0.25) is 0 Å². The van der Waals surface area contributed by atoms with Gasteiger partial charge in [-0.05, 0) is 12.8 Å². The Kier molecular flexibility index (Phi) is 4.57. The van der Waals surface area contributed by atoms with Gasteiger partial charge in [0.05, 0.1) is 12.0 Å². The van der Waals surface area contributed by atoms with Crippen molar-refractivity contribution in [2.45, 2.75) is 56.7 Å². The molecule has 7 nitrogen and oxygen atoms in total. The van der Waals surface area contributed by atoms with E-state index in [1.807, 2.05) is 4.90 Å². The summed E-state index contributed by atoms with van der Waals surface area (Å²) in [5.74, 6) is -1.61. The number of amides is 2. The number of carbonyl (C=O) groups excluding carboxylic acids is 2. The van der Waals surface area contributed by atoms with Crippen LogP contribution in [0.15, 0.2) is 0 Å². The van der Waals surface area contributed by atoms with Gasteiger partial charge in [0, 0.05) is 39.1 Å². The van der Waals surface area contributed by atoms with Crippen molar-refractivity contribution < 1.29 is 24.2 Å². The van der Waals surface area contributed by atoms with Crippen molar-refractivity contribution in [3.05, 3.63) is 0 Å². The first-order chi connectivity index (χ1) is 11.0. The minimum absolute atomic E-state index is 0.0320. The zero-order chi connectivity index (χ0) is 16.6. The lowest BCUT2D eigenvalue weighted by molar-refractivity contribution is -0.149. The van der Waals surface area contributed by atoms with Crippen LogP contribution in [0.4, 0.5) is 0 Å². The van der Waals surface area contributed by atoms with Crippen molar-refractivity contribution in [3.63, 3.8) is 0 Å². The largest absolute Gasteiger partial charge is 0.480 e. The molecule has 128 valence electrons. The molecule has 3 atom stereocenters. The SMILES string of the molecule is COC1CC(C(=O)O)N(C(=O)C2CC(=O)N(C3CCCC3)C2)C1. The Morgan fingerprint density at radius 3 is 2.52 bits per heavy atom. The van der Waals surface area contributed by atoms with Crippen LogP contribution in [0.5, 0.6) is 0 Å². The van der Waals surface area contributed by atoms with E-state index in [0.717, 1.165) is 25.7 Å². The maximum atomic E-state index is 12.8. The Morgan fingerprint density at radius 1 is 1.22 bits per heavy atom. The molecule has 0 radical (unpaired) electrons. The van der Waals surface area contributed by atoms with Gasteiger partial charge in [-0.1, -0.05) is 12.8 Å². The molecule has 0 aromatic heterocycles. The summed E-state index contributed by atoms with van der Waals surface area (Å²) in [7, 11) is 1.53. The van der Waals surface area contributed by atoms with Crippen molar-refractivity contribution in [2.75, 3.05) is 20.2 Å². The lowest BCUT2D eigenvalue weighted by Crippen LogP contribution is -2.44. The summed E-state index contributed by atoms with van der Waals surface area (Å²) >= 11 is 0. The van der Waals surface area contributed by atoms with Gasteiger partial charge in [-0.3, -0.25) is 9.59 Å². The molecule has 2 amide bonds. The third-order valence-electron chi connectivity index (χ3n) is 5.44. The summed E-state index contributed by atoms with van der Waals surface area (Å²) in [6.45, 7) is 0.725. The number of nitrogens with zero attached hydrogens (tertiary/aromatic N) is 2. The number of hydrogen-bond acceptors (Lipinski definition) is 4. The fourth-order valence-corrected chi connectivity index (χ4v) is 4.15. The van der Waals surface area contributed by atoms with Gasteiger partial charge in [-0.15, -0.1) is 0 Å². The second-order valence-corrected chi connectivity index (χ2v) is 6.82. The lowest BCUT2D eigenvalue weighted by atomic mass is 10.1. The Bertz CT molecular complexity index is 503. The standard InChI is InChI=1S/C16H24N2O5/c1-23-12-7-13(16(21)22)18(9-12)15(20)10-6-14(19)17(8-10)11-4-2-3-5-11/h10-13H,2-9H2,1H3,(H,21,22).